The van der Waals surface area contributed by atoms with E-state index in [1.807, 2.05) is 0 Å². The maximum absolute atomic E-state index is 9.75. The third-order valence-corrected chi connectivity index (χ3v) is 5.42. The van der Waals surface area contributed by atoms with Crippen LogP contribution in [-0.4, -0.2) is 24.3 Å². The molecule has 2 aliphatic carbocycles. The molecule has 2 unspecified atom stereocenters. The Morgan fingerprint density at radius 3 is 2.44 bits per heavy atom. The topological polar surface area (TPSA) is 32.3 Å². The normalized spacial score (nSPS) is 32.3. The molecule has 0 saturated heterocycles. The lowest BCUT2D eigenvalue weighted by atomic mass is 9.74. The summed E-state index contributed by atoms with van der Waals surface area (Å²) >= 11 is 0. The van der Waals surface area contributed by atoms with E-state index >= 15 is 0 Å². The highest BCUT2D eigenvalue weighted by Crippen LogP contribution is 2.36. The second kappa shape index (κ2) is 6.91. The van der Waals surface area contributed by atoms with Gasteiger partial charge in [-0.25, -0.2) is 0 Å². The number of aliphatic hydroxyl groups is 1. The summed E-state index contributed by atoms with van der Waals surface area (Å²) in [6.45, 7) is 3.75. The molecule has 0 aromatic heterocycles. The fourth-order valence-electron chi connectivity index (χ4n) is 4.01. The number of nitrogens with one attached hydrogen (secondary N) is 1. The van der Waals surface area contributed by atoms with E-state index in [0.717, 1.165) is 12.5 Å². The van der Waals surface area contributed by atoms with Gasteiger partial charge >= 0.3 is 0 Å². The lowest BCUT2D eigenvalue weighted by Crippen LogP contribution is -2.46. The van der Waals surface area contributed by atoms with Gasteiger partial charge in [-0.2, -0.15) is 0 Å². The first-order chi connectivity index (χ1) is 8.79. The molecule has 0 amide bonds. The van der Waals surface area contributed by atoms with E-state index in [9.17, 15) is 5.11 Å². The fraction of sp³-hybridized carbons (Fsp3) is 1.00. The number of aliphatic hydroxyl groups excluding tert-OH is 1. The molecule has 0 radical (unpaired) electrons. The molecule has 2 fully saturated rings. The average Bonchev–Trinajstić information content (AvgIpc) is 2.46. The van der Waals surface area contributed by atoms with Crippen LogP contribution >= 0.6 is 0 Å². The number of hydrogen-bond acceptors (Lipinski definition) is 2. The van der Waals surface area contributed by atoms with Crippen LogP contribution in [0.3, 0.4) is 0 Å². The summed E-state index contributed by atoms with van der Waals surface area (Å²) < 4.78 is 0. The summed E-state index contributed by atoms with van der Waals surface area (Å²) in [4.78, 5) is 0. The maximum Gasteiger partial charge on any atom is 0.0499 e. The summed E-state index contributed by atoms with van der Waals surface area (Å²) in [5, 5.41) is 13.6. The molecular formula is C16H31NO. The smallest absolute Gasteiger partial charge is 0.0499 e. The lowest BCUT2D eigenvalue weighted by Gasteiger charge is -2.39. The third kappa shape index (κ3) is 3.48. The van der Waals surface area contributed by atoms with Gasteiger partial charge in [-0.15, -0.1) is 0 Å². The van der Waals surface area contributed by atoms with Crippen LogP contribution in [0.4, 0.5) is 0 Å². The van der Waals surface area contributed by atoms with E-state index in [2.05, 4.69) is 12.2 Å². The minimum atomic E-state index is 0.202. The molecule has 0 spiro atoms. The van der Waals surface area contributed by atoms with E-state index in [0.29, 0.717) is 12.6 Å². The van der Waals surface area contributed by atoms with Gasteiger partial charge in [0, 0.05) is 24.6 Å². The maximum atomic E-state index is 9.75. The van der Waals surface area contributed by atoms with Gasteiger partial charge in [-0.1, -0.05) is 45.4 Å². The predicted molar refractivity (Wildman–Crippen MR) is 76.6 cm³/mol. The third-order valence-electron chi connectivity index (χ3n) is 5.42. The molecule has 0 aromatic rings. The summed E-state index contributed by atoms with van der Waals surface area (Å²) in [5.41, 5.74) is 0.202. The minimum Gasteiger partial charge on any atom is -0.396 e. The van der Waals surface area contributed by atoms with Gasteiger partial charge < -0.3 is 10.4 Å². The van der Waals surface area contributed by atoms with Gasteiger partial charge in [0.15, 0.2) is 0 Å². The van der Waals surface area contributed by atoms with E-state index in [-0.39, 0.29) is 5.41 Å². The van der Waals surface area contributed by atoms with Crippen molar-refractivity contribution in [3.63, 3.8) is 0 Å². The monoisotopic (exact) mass is 253 g/mol. The van der Waals surface area contributed by atoms with Crippen LogP contribution in [0.5, 0.6) is 0 Å². The highest BCUT2D eigenvalue weighted by atomic mass is 16.3. The van der Waals surface area contributed by atoms with E-state index in [1.54, 1.807) is 0 Å². The Morgan fingerprint density at radius 1 is 1.06 bits per heavy atom. The Hall–Kier alpha value is -0.0800. The molecule has 2 aliphatic rings. The van der Waals surface area contributed by atoms with Gasteiger partial charge in [-0.3, -0.25) is 0 Å². The Morgan fingerprint density at radius 2 is 1.78 bits per heavy atom. The van der Waals surface area contributed by atoms with Crippen LogP contribution < -0.4 is 5.32 Å². The van der Waals surface area contributed by atoms with Crippen molar-refractivity contribution in [1.82, 2.24) is 5.32 Å². The van der Waals surface area contributed by atoms with Crippen LogP contribution in [0.1, 0.15) is 71.1 Å². The summed E-state index contributed by atoms with van der Waals surface area (Å²) in [7, 11) is 0. The molecule has 2 saturated carbocycles. The van der Waals surface area contributed by atoms with Crippen molar-refractivity contribution < 1.29 is 5.11 Å². The minimum absolute atomic E-state index is 0.202. The largest absolute Gasteiger partial charge is 0.396 e. The standard InChI is InChI=1S/C16H31NO/c1-2-14-8-4-5-9-15(14)17-12-16(13-18)10-6-3-7-11-16/h14-15,17-18H,2-13H2,1H3. The summed E-state index contributed by atoms with van der Waals surface area (Å²) in [5.74, 6) is 0.873. The van der Waals surface area contributed by atoms with Crippen LogP contribution in [0.2, 0.25) is 0 Å². The van der Waals surface area contributed by atoms with Crippen LogP contribution in [-0.2, 0) is 0 Å². The van der Waals surface area contributed by atoms with Gasteiger partial charge in [0.05, 0.1) is 0 Å². The second-order valence-corrected chi connectivity index (χ2v) is 6.66. The zero-order valence-electron chi connectivity index (χ0n) is 12.1. The van der Waals surface area contributed by atoms with E-state index in [4.69, 9.17) is 0 Å². The SMILES string of the molecule is CCC1CCCCC1NCC1(CO)CCCCC1. The van der Waals surface area contributed by atoms with Crippen molar-refractivity contribution in [2.75, 3.05) is 13.2 Å². The van der Waals surface area contributed by atoms with Gasteiger partial charge in [0.1, 0.15) is 0 Å². The van der Waals surface area contributed by atoms with Crippen LogP contribution in [0, 0.1) is 11.3 Å². The fourth-order valence-corrected chi connectivity index (χ4v) is 4.01. The quantitative estimate of drug-likeness (QED) is 0.786. The molecule has 0 heterocycles. The van der Waals surface area contributed by atoms with Gasteiger partial charge in [-0.05, 0) is 31.6 Å². The molecule has 2 atom stereocenters. The average molecular weight is 253 g/mol. The molecule has 2 rings (SSSR count). The first-order valence-corrected chi connectivity index (χ1v) is 8.14. The molecule has 2 nitrogen and oxygen atoms in total. The molecule has 0 aromatic carbocycles. The van der Waals surface area contributed by atoms with Crippen molar-refractivity contribution in [3.05, 3.63) is 0 Å². The second-order valence-electron chi connectivity index (χ2n) is 6.66. The van der Waals surface area contributed by atoms with Crippen molar-refractivity contribution in [3.8, 4) is 0 Å². The Kier molecular flexibility index (Phi) is 5.50. The zero-order chi connectivity index (χ0) is 12.8. The molecule has 2 N–H and O–H groups in total. The lowest BCUT2D eigenvalue weighted by molar-refractivity contribution is 0.0726. The number of hydrogen-bond donors (Lipinski definition) is 2. The van der Waals surface area contributed by atoms with Crippen molar-refractivity contribution in [2.24, 2.45) is 11.3 Å². The molecule has 0 aliphatic heterocycles. The van der Waals surface area contributed by atoms with Crippen LogP contribution in [0.15, 0.2) is 0 Å². The molecule has 18 heavy (non-hydrogen) atoms. The van der Waals surface area contributed by atoms with E-state index in [1.165, 1.54) is 64.2 Å². The zero-order valence-corrected chi connectivity index (χ0v) is 12.1. The number of rotatable bonds is 5. The van der Waals surface area contributed by atoms with E-state index < -0.39 is 0 Å². The summed E-state index contributed by atoms with van der Waals surface area (Å²) in [6, 6.07) is 0.717. The van der Waals surface area contributed by atoms with Crippen molar-refractivity contribution in [1.29, 1.82) is 0 Å². The first kappa shape index (κ1) is 14.3. The molecule has 0 bridgehead atoms. The van der Waals surface area contributed by atoms with Crippen molar-refractivity contribution >= 4 is 0 Å². The van der Waals surface area contributed by atoms with Crippen LogP contribution in [0.25, 0.3) is 0 Å². The highest BCUT2D eigenvalue weighted by molar-refractivity contribution is 4.88. The van der Waals surface area contributed by atoms with Gasteiger partial charge in [0.25, 0.3) is 0 Å². The van der Waals surface area contributed by atoms with Gasteiger partial charge in [0.2, 0.25) is 0 Å². The predicted octanol–water partition coefficient (Wildman–Crippen LogP) is 3.49. The highest BCUT2D eigenvalue weighted by Gasteiger charge is 2.33. The molecule has 106 valence electrons. The molecular weight excluding hydrogens is 222 g/mol. The first-order valence-electron chi connectivity index (χ1n) is 8.14. The molecule has 2 heteroatoms. The van der Waals surface area contributed by atoms with Crippen molar-refractivity contribution in [2.45, 2.75) is 77.2 Å². The summed E-state index contributed by atoms with van der Waals surface area (Å²) in [6.07, 6.45) is 13.3. The Labute approximate surface area is 113 Å². The Balaban J connectivity index is 1.84. The Bertz CT molecular complexity index is 235.